The zero-order chi connectivity index (χ0) is 14.8. The molecule has 2 aliphatic rings. The van der Waals surface area contributed by atoms with Crippen LogP contribution in [-0.4, -0.2) is 52.4 Å². The van der Waals surface area contributed by atoms with Gasteiger partial charge < -0.3 is 4.90 Å². The van der Waals surface area contributed by atoms with E-state index in [0.29, 0.717) is 12.1 Å². The Morgan fingerprint density at radius 3 is 2.71 bits per heavy atom. The first-order chi connectivity index (χ1) is 10.2. The monoisotopic (exact) mass is 287 g/mol. The molecule has 2 saturated heterocycles. The van der Waals surface area contributed by atoms with Crippen molar-refractivity contribution < 1.29 is 4.79 Å². The average Bonchev–Trinajstić information content (AvgIpc) is 3.15. The zero-order valence-corrected chi connectivity index (χ0v) is 13.1. The summed E-state index contributed by atoms with van der Waals surface area (Å²) in [7, 11) is 0. The molecule has 0 radical (unpaired) electrons. The summed E-state index contributed by atoms with van der Waals surface area (Å²) < 4.78 is 0. The van der Waals surface area contributed by atoms with E-state index in [9.17, 15) is 4.79 Å². The van der Waals surface area contributed by atoms with Crippen LogP contribution in [0, 0.1) is 6.92 Å². The Hall–Kier alpha value is -1.42. The first-order valence-electron chi connectivity index (χ1n) is 8.18. The van der Waals surface area contributed by atoms with E-state index >= 15 is 0 Å². The predicted octanol–water partition coefficient (Wildman–Crippen LogP) is 2.48. The summed E-state index contributed by atoms with van der Waals surface area (Å²) in [6.45, 7) is 7.35. The number of amides is 1. The van der Waals surface area contributed by atoms with Crippen LogP contribution in [0.3, 0.4) is 0 Å². The molecular formula is C17H25N3O. The lowest BCUT2D eigenvalue weighted by Crippen LogP contribution is -2.48. The Bertz CT molecular complexity index is 499. The van der Waals surface area contributed by atoms with Gasteiger partial charge in [0.05, 0.1) is 5.56 Å². The summed E-state index contributed by atoms with van der Waals surface area (Å²) >= 11 is 0. The van der Waals surface area contributed by atoms with E-state index in [4.69, 9.17) is 0 Å². The second-order valence-electron chi connectivity index (χ2n) is 6.23. The number of carbonyl (C=O) groups excluding carboxylic acids is 1. The highest BCUT2D eigenvalue weighted by molar-refractivity contribution is 5.94. The molecule has 0 spiro atoms. The van der Waals surface area contributed by atoms with Gasteiger partial charge in [-0.2, -0.15) is 0 Å². The number of pyridine rings is 1. The van der Waals surface area contributed by atoms with Crippen LogP contribution in [0.15, 0.2) is 18.3 Å². The summed E-state index contributed by atoms with van der Waals surface area (Å²) in [4.78, 5) is 21.7. The summed E-state index contributed by atoms with van der Waals surface area (Å²) in [6, 6.07) is 4.78. The molecule has 4 nitrogen and oxygen atoms in total. The van der Waals surface area contributed by atoms with E-state index in [2.05, 4.69) is 21.7 Å². The van der Waals surface area contributed by atoms with Gasteiger partial charge in [-0.15, -0.1) is 0 Å². The van der Waals surface area contributed by atoms with Gasteiger partial charge in [-0.1, -0.05) is 6.92 Å². The minimum absolute atomic E-state index is 0.160. The first-order valence-corrected chi connectivity index (χ1v) is 8.18. The Balaban J connectivity index is 1.77. The molecule has 0 aromatic carbocycles. The van der Waals surface area contributed by atoms with Crippen LogP contribution in [0.1, 0.15) is 48.7 Å². The molecular weight excluding hydrogens is 262 g/mol. The van der Waals surface area contributed by atoms with Crippen molar-refractivity contribution in [3.05, 3.63) is 29.6 Å². The topological polar surface area (TPSA) is 36.4 Å². The van der Waals surface area contributed by atoms with E-state index in [1.54, 1.807) is 6.20 Å². The van der Waals surface area contributed by atoms with Gasteiger partial charge in [0.1, 0.15) is 0 Å². The second kappa shape index (κ2) is 6.14. The van der Waals surface area contributed by atoms with Gasteiger partial charge >= 0.3 is 0 Å². The van der Waals surface area contributed by atoms with Crippen LogP contribution in [-0.2, 0) is 0 Å². The standard InChI is InChI=1S/C17H25N3O/c1-3-19-10-4-6-15(19)16-7-5-11-20(16)17(21)14-9-8-13(2)18-12-14/h8-9,12,15-16H,3-7,10-11H2,1-2H3/t15-,16-/m1/s1. The largest absolute Gasteiger partial charge is 0.334 e. The van der Waals surface area contributed by atoms with Crippen LogP contribution < -0.4 is 0 Å². The molecule has 4 heteroatoms. The molecule has 0 aliphatic carbocycles. The van der Waals surface area contributed by atoms with Crippen LogP contribution >= 0.6 is 0 Å². The summed E-state index contributed by atoms with van der Waals surface area (Å²) in [5, 5.41) is 0. The molecule has 1 aromatic rings. The van der Waals surface area contributed by atoms with Crippen LogP contribution in [0.25, 0.3) is 0 Å². The van der Waals surface area contributed by atoms with Gasteiger partial charge in [0.2, 0.25) is 0 Å². The van der Waals surface area contributed by atoms with Gasteiger partial charge in [-0.25, -0.2) is 0 Å². The molecule has 0 bridgehead atoms. The number of aryl methyl sites for hydroxylation is 1. The Labute approximate surface area is 127 Å². The Kier molecular flexibility index (Phi) is 4.24. The van der Waals surface area contributed by atoms with Crippen molar-refractivity contribution in [2.24, 2.45) is 0 Å². The lowest BCUT2D eigenvalue weighted by atomic mass is 10.0. The molecule has 0 unspecified atom stereocenters. The van der Waals surface area contributed by atoms with Crippen LogP contribution in [0.2, 0.25) is 0 Å². The van der Waals surface area contributed by atoms with E-state index < -0.39 is 0 Å². The Morgan fingerprint density at radius 2 is 2.00 bits per heavy atom. The maximum atomic E-state index is 12.8. The molecule has 114 valence electrons. The van der Waals surface area contributed by atoms with E-state index in [0.717, 1.165) is 37.2 Å². The highest BCUT2D eigenvalue weighted by atomic mass is 16.2. The number of nitrogens with zero attached hydrogens (tertiary/aromatic N) is 3. The van der Waals surface area contributed by atoms with E-state index in [1.807, 2.05) is 19.1 Å². The van der Waals surface area contributed by atoms with Crippen LogP contribution in [0.5, 0.6) is 0 Å². The molecule has 1 aromatic heterocycles. The third-order valence-electron chi connectivity index (χ3n) is 4.98. The third kappa shape index (κ3) is 2.82. The number of likely N-dealkylation sites (N-methyl/N-ethyl adjacent to an activating group) is 1. The average molecular weight is 287 g/mol. The molecule has 0 N–H and O–H groups in total. The minimum Gasteiger partial charge on any atom is -0.334 e. The van der Waals surface area contributed by atoms with Crippen LogP contribution in [0.4, 0.5) is 0 Å². The minimum atomic E-state index is 0.160. The molecule has 2 fully saturated rings. The van der Waals surface area contributed by atoms with Gasteiger partial charge in [-0.05, 0) is 57.8 Å². The Morgan fingerprint density at radius 1 is 1.24 bits per heavy atom. The third-order valence-corrected chi connectivity index (χ3v) is 4.98. The second-order valence-corrected chi connectivity index (χ2v) is 6.23. The highest BCUT2D eigenvalue weighted by Crippen LogP contribution is 2.30. The summed E-state index contributed by atoms with van der Waals surface area (Å²) in [5.74, 6) is 0.160. The molecule has 0 saturated carbocycles. The summed E-state index contributed by atoms with van der Waals surface area (Å²) in [5.41, 5.74) is 1.69. The lowest BCUT2D eigenvalue weighted by molar-refractivity contribution is 0.0649. The SMILES string of the molecule is CCN1CCC[C@@H]1[C@H]1CCCN1C(=O)c1ccc(C)nc1. The zero-order valence-electron chi connectivity index (χ0n) is 13.1. The smallest absolute Gasteiger partial charge is 0.255 e. The maximum absolute atomic E-state index is 12.8. The molecule has 2 atom stereocenters. The predicted molar refractivity (Wildman–Crippen MR) is 83.3 cm³/mol. The number of hydrogen-bond donors (Lipinski definition) is 0. The lowest BCUT2D eigenvalue weighted by Gasteiger charge is -2.34. The molecule has 2 aliphatic heterocycles. The van der Waals surface area contributed by atoms with Gasteiger partial charge in [0.25, 0.3) is 5.91 Å². The summed E-state index contributed by atoms with van der Waals surface area (Å²) in [6.07, 6.45) is 6.49. The molecule has 1 amide bonds. The molecule has 3 heterocycles. The van der Waals surface area contributed by atoms with Crippen molar-refractivity contribution in [2.45, 2.75) is 51.6 Å². The van der Waals surface area contributed by atoms with E-state index in [1.165, 1.54) is 19.4 Å². The normalized spacial score (nSPS) is 26.5. The molecule has 21 heavy (non-hydrogen) atoms. The van der Waals surface area contributed by atoms with Gasteiger partial charge in [0, 0.05) is 30.5 Å². The van der Waals surface area contributed by atoms with Crippen molar-refractivity contribution in [1.29, 1.82) is 0 Å². The van der Waals surface area contributed by atoms with Crippen molar-refractivity contribution in [1.82, 2.24) is 14.8 Å². The van der Waals surface area contributed by atoms with Crippen molar-refractivity contribution in [3.8, 4) is 0 Å². The van der Waals surface area contributed by atoms with Crippen molar-refractivity contribution in [3.63, 3.8) is 0 Å². The number of aromatic nitrogens is 1. The number of hydrogen-bond acceptors (Lipinski definition) is 3. The fourth-order valence-electron chi connectivity index (χ4n) is 3.89. The van der Waals surface area contributed by atoms with E-state index in [-0.39, 0.29) is 5.91 Å². The first kappa shape index (κ1) is 14.5. The van der Waals surface area contributed by atoms with Crippen molar-refractivity contribution in [2.75, 3.05) is 19.6 Å². The van der Waals surface area contributed by atoms with Crippen molar-refractivity contribution >= 4 is 5.91 Å². The quantitative estimate of drug-likeness (QED) is 0.857. The fourth-order valence-corrected chi connectivity index (χ4v) is 3.89. The van der Waals surface area contributed by atoms with Gasteiger partial charge in [0.15, 0.2) is 0 Å². The number of rotatable bonds is 3. The number of likely N-dealkylation sites (tertiary alicyclic amines) is 2. The van der Waals surface area contributed by atoms with Gasteiger partial charge in [-0.3, -0.25) is 14.7 Å². The maximum Gasteiger partial charge on any atom is 0.255 e. The fraction of sp³-hybridized carbons (Fsp3) is 0.647. The number of carbonyl (C=O) groups is 1. The molecule has 3 rings (SSSR count). The highest BCUT2D eigenvalue weighted by Gasteiger charge is 2.39.